The first-order chi connectivity index (χ1) is 7.29. The molecule has 0 saturated heterocycles. The number of fused-ring (bicyclic) bond motifs is 1. The van der Waals surface area contributed by atoms with Gasteiger partial charge in [-0.15, -0.1) is 0 Å². The summed E-state index contributed by atoms with van der Waals surface area (Å²) in [6, 6.07) is 3.99. The Morgan fingerprint density at radius 2 is 2.27 bits per heavy atom. The topological polar surface area (TPSA) is 26.5 Å². The Kier molecular flexibility index (Phi) is 1.99. The molecule has 0 atom stereocenters. The van der Waals surface area contributed by atoms with E-state index in [1.165, 1.54) is 12.8 Å². The van der Waals surface area contributed by atoms with Gasteiger partial charge in [0.15, 0.2) is 0 Å². The van der Waals surface area contributed by atoms with Gasteiger partial charge in [0.1, 0.15) is 16.2 Å². The van der Waals surface area contributed by atoms with Crippen LogP contribution in [0.25, 0.3) is 5.52 Å². The second-order valence-corrected chi connectivity index (χ2v) is 4.61. The van der Waals surface area contributed by atoms with Gasteiger partial charge in [0, 0.05) is 5.92 Å². The number of nitrogens with zero attached hydrogens (tertiary/aromatic N) is 2. The van der Waals surface area contributed by atoms with Crippen molar-refractivity contribution in [1.82, 2.24) is 9.38 Å². The molecule has 2 heterocycles. The maximum absolute atomic E-state index is 5.22. The first-order valence-corrected chi connectivity index (χ1v) is 5.80. The molecule has 0 aromatic carbocycles. The van der Waals surface area contributed by atoms with Gasteiger partial charge in [-0.3, -0.25) is 4.40 Å². The standard InChI is InChI=1S/C11H11BrN2O/c1-15-8-4-5-9-10(12)13-11(7-2-3-7)14(9)6-8/h4-7H,2-3H2,1H3. The third-order valence-corrected chi connectivity index (χ3v) is 3.35. The highest BCUT2D eigenvalue weighted by Gasteiger charge is 2.28. The zero-order valence-corrected chi connectivity index (χ0v) is 9.99. The van der Waals surface area contributed by atoms with Crippen molar-refractivity contribution in [2.24, 2.45) is 0 Å². The Morgan fingerprint density at radius 3 is 2.93 bits per heavy atom. The van der Waals surface area contributed by atoms with Crippen LogP contribution in [0.2, 0.25) is 0 Å². The number of hydrogen-bond donors (Lipinski definition) is 0. The molecule has 0 amide bonds. The summed E-state index contributed by atoms with van der Waals surface area (Å²) in [6.07, 6.45) is 4.51. The van der Waals surface area contributed by atoms with Crippen LogP contribution >= 0.6 is 15.9 Å². The molecule has 1 aliphatic rings. The number of pyridine rings is 1. The van der Waals surface area contributed by atoms with Crippen LogP contribution in [0.3, 0.4) is 0 Å². The Balaban J connectivity index is 2.26. The third-order valence-electron chi connectivity index (χ3n) is 2.77. The third kappa shape index (κ3) is 1.44. The maximum atomic E-state index is 5.22. The molecular formula is C11H11BrN2O. The lowest BCUT2D eigenvalue weighted by Gasteiger charge is -2.02. The minimum absolute atomic E-state index is 0.635. The molecule has 2 aromatic heterocycles. The zero-order chi connectivity index (χ0) is 10.4. The Bertz CT molecular complexity index is 517. The fourth-order valence-electron chi connectivity index (χ4n) is 1.80. The molecule has 0 N–H and O–H groups in total. The molecule has 0 radical (unpaired) electrons. The van der Waals surface area contributed by atoms with Crippen LogP contribution in [-0.4, -0.2) is 16.5 Å². The molecule has 1 aliphatic carbocycles. The molecule has 0 spiro atoms. The van der Waals surface area contributed by atoms with Gasteiger partial charge in [0.25, 0.3) is 0 Å². The highest BCUT2D eigenvalue weighted by atomic mass is 79.9. The van der Waals surface area contributed by atoms with Crippen LogP contribution < -0.4 is 4.74 Å². The van der Waals surface area contributed by atoms with E-state index in [4.69, 9.17) is 4.74 Å². The smallest absolute Gasteiger partial charge is 0.135 e. The van der Waals surface area contributed by atoms with E-state index in [-0.39, 0.29) is 0 Å². The van der Waals surface area contributed by atoms with Crippen molar-refractivity contribution in [2.45, 2.75) is 18.8 Å². The van der Waals surface area contributed by atoms with Crippen LogP contribution in [0.4, 0.5) is 0 Å². The van der Waals surface area contributed by atoms with Gasteiger partial charge in [-0.1, -0.05) is 0 Å². The minimum Gasteiger partial charge on any atom is -0.495 e. The predicted octanol–water partition coefficient (Wildman–Crippen LogP) is 2.98. The van der Waals surface area contributed by atoms with E-state index < -0.39 is 0 Å². The lowest BCUT2D eigenvalue weighted by atomic mass is 10.3. The summed E-state index contributed by atoms with van der Waals surface area (Å²) < 4.78 is 8.27. The van der Waals surface area contributed by atoms with Crippen LogP contribution in [0, 0.1) is 0 Å². The summed E-state index contributed by atoms with van der Waals surface area (Å²) in [5.41, 5.74) is 1.11. The molecule has 0 bridgehead atoms. The fourth-order valence-corrected chi connectivity index (χ4v) is 2.31. The van der Waals surface area contributed by atoms with Crippen molar-refractivity contribution in [3.05, 3.63) is 28.8 Å². The summed E-state index contributed by atoms with van der Waals surface area (Å²) in [4.78, 5) is 4.55. The molecule has 4 heteroatoms. The Morgan fingerprint density at radius 1 is 1.47 bits per heavy atom. The number of rotatable bonds is 2. The van der Waals surface area contributed by atoms with Gasteiger partial charge in [-0.2, -0.15) is 0 Å². The van der Waals surface area contributed by atoms with Crippen LogP contribution in [-0.2, 0) is 0 Å². The van der Waals surface area contributed by atoms with Crippen molar-refractivity contribution >= 4 is 21.4 Å². The molecule has 78 valence electrons. The number of imidazole rings is 1. The van der Waals surface area contributed by atoms with E-state index in [0.717, 1.165) is 21.7 Å². The van der Waals surface area contributed by atoms with E-state index in [9.17, 15) is 0 Å². The van der Waals surface area contributed by atoms with Gasteiger partial charge in [-0.05, 0) is 40.9 Å². The van der Waals surface area contributed by atoms with Crippen molar-refractivity contribution in [1.29, 1.82) is 0 Å². The average Bonchev–Trinajstić information content (AvgIpc) is 3.04. The molecule has 0 unspecified atom stereocenters. The van der Waals surface area contributed by atoms with E-state index in [0.29, 0.717) is 5.92 Å². The normalized spacial score (nSPS) is 15.9. The van der Waals surface area contributed by atoms with Crippen molar-refractivity contribution in [2.75, 3.05) is 7.11 Å². The van der Waals surface area contributed by atoms with Gasteiger partial charge < -0.3 is 4.74 Å². The lowest BCUT2D eigenvalue weighted by molar-refractivity contribution is 0.412. The maximum Gasteiger partial charge on any atom is 0.135 e. The molecule has 0 aliphatic heterocycles. The number of halogens is 1. The van der Waals surface area contributed by atoms with E-state index in [2.05, 4.69) is 25.3 Å². The second kappa shape index (κ2) is 3.23. The molecule has 3 nitrogen and oxygen atoms in total. The van der Waals surface area contributed by atoms with E-state index in [1.807, 2.05) is 18.3 Å². The summed E-state index contributed by atoms with van der Waals surface area (Å²) in [7, 11) is 1.68. The van der Waals surface area contributed by atoms with Crippen molar-refractivity contribution in [3.63, 3.8) is 0 Å². The Labute approximate surface area is 96.2 Å². The van der Waals surface area contributed by atoms with Crippen LogP contribution in [0.1, 0.15) is 24.6 Å². The summed E-state index contributed by atoms with van der Waals surface area (Å²) >= 11 is 3.49. The summed E-state index contributed by atoms with van der Waals surface area (Å²) in [5.74, 6) is 2.65. The highest BCUT2D eigenvalue weighted by molar-refractivity contribution is 9.10. The largest absolute Gasteiger partial charge is 0.495 e. The summed E-state index contributed by atoms with van der Waals surface area (Å²) in [6.45, 7) is 0. The number of hydrogen-bond acceptors (Lipinski definition) is 2. The van der Waals surface area contributed by atoms with Crippen molar-refractivity contribution in [3.8, 4) is 5.75 Å². The molecule has 3 rings (SSSR count). The fraction of sp³-hybridized carbons (Fsp3) is 0.364. The summed E-state index contributed by atoms with van der Waals surface area (Å²) in [5, 5.41) is 0. The predicted molar refractivity (Wildman–Crippen MR) is 61.4 cm³/mol. The Hall–Kier alpha value is -1.03. The van der Waals surface area contributed by atoms with E-state index in [1.54, 1.807) is 7.11 Å². The number of methoxy groups -OCH3 is 1. The monoisotopic (exact) mass is 266 g/mol. The lowest BCUT2D eigenvalue weighted by Crippen LogP contribution is -1.93. The zero-order valence-electron chi connectivity index (χ0n) is 8.40. The highest BCUT2D eigenvalue weighted by Crippen LogP contribution is 2.41. The van der Waals surface area contributed by atoms with Gasteiger partial charge in [0.2, 0.25) is 0 Å². The van der Waals surface area contributed by atoms with Gasteiger partial charge >= 0.3 is 0 Å². The quantitative estimate of drug-likeness (QED) is 0.836. The van der Waals surface area contributed by atoms with E-state index >= 15 is 0 Å². The molecule has 2 aromatic rings. The SMILES string of the molecule is COc1ccc2c(Br)nc(C3CC3)n2c1. The van der Waals surface area contributed by atoms with Crippen molar-refractivity contribution < 1.29 is 4.74 Å². The van der Waals surface area contributed by atoms with Gasteiger partial charge in [-0.25, -0.2) is 4.98 Å². The molecular weight excluding hydrogens is 256 g/mol. The average molecular weight is 267 g/mol. The first kappa shape index (κ1) is 9.21. The molecule has 1 fully saturated rings. The van der Waals surface area contributed by atoms with Crippen LogP contribution in [0.15, 0.2) is 22.9 Å². The number of ether oxygens (including phenoxy) is 1. The van der Waals surface area contributed by atoms with Crippen LogP contribution in [0.5, 0.6) is 5.75 Å². The molecule has 1 saturated carbocycles. The molecule has 15 heavy (non-hydrogen) atoms. The minimum atomic E-state index is 0.635. The first-order valence-electron chi connectivity index (χ1n) is 5.01. The number of aromatic nitrogens is 2. The second-order valence-electron chi connectivity index (χ2n) is 3.86. The van der Waals surface area contributed by atoms with Gasteiger partial charge in [0.05, 0.1) is 18.8 Å².